The first-order valence-corrected chi connectivity index (χ1v) is 5.21. The van der Waals surface area contributed by atoms with Crippen molar-refractivity contribution < 1.29 is 4.92 Å². The zero-order valence-electron chi connectivity index (χ0n) is 7.56. The van der Waals surface area contributed by atoms with Gasteiger partial charge in [0.15, 0.2) is 0 Å². The Bertz CT molecular complexity index is 297. The van der Waals surface area contributed by atoms with E-state index in [9.17, 15) is 10.1 Å². The lowest BCUT2D eigenvalue weighted by atomic mass is 10.1. The number of rotatable bonds is 3. The number of thioether (sulfide) groups is 1. The van der Waals surface area contributed by atoms with Gasteiger partial charge >= 0.3 is 0 Å². The van der Waals surface area contributed by atoms with Crippen LogP contribution in [0.1, 0.15) is 17.7 Å². The Morgan fingerprint density at radius 3 is 2.31 bits per heavy atom. The second kappa shape index (κ2) is 4.28. The van der Waals surface area contributed by atoms with E-state index in [1.165, 1.54) is 0 Å². The Balaban J connectivity index is 2.87. The lowest BCUT2D eigenvalue weighted by molar-refractivity contribution is -0.384. The molecule has 0 saturated carbocycles. The average Bonchev–Trinajstić information content (AvgIpc) is 2.17. The van der Waals surface area contributed by atoms with E-state index >= 15 is 0 Å². The summed E-state index contributed by atoms with van der Waals surface area (Å²) in [5, 5.41) is 10.7. The van der Waals surface area contributed by atoms with E-state index in [4.69, 9.17) is 0 Å². The highest BCUT2D eigenvalue weighted by atomic mass is 32.2. The quantitative estimate of drug-likeness (QED) is 0.552. The van der Waals surface area contributed by atoms with E-state index in [0.29, 0.717) is 5.25 Å². The third-order valence-corrected chi connectivity index (χ3v) is 2.91. The first kappa shape index (κ1) is 10.1. The number of hydrogen-bond donors (Lipinski definition) is 0. The molecule has 0 N–H and O–H groups in total. The zero-order chi connectivity index (χ0) is 9.84. The second-order valence-corrected chi connectivity index (χ2v) is 3.91. The van der Waals surface area contributed by atoms with Crippen LogP contribution in [-0.2, 0) is 0 Å². The summed E-state index contributed by atoms with van der Waals surface area (Å²) in [6, 6.07) is 6.70. The maximum absolute atomic E-state index is 10.4. The van der Waals surface area contributed by atoms with E-state index in [2.05, 4.69) is 6.92 Å². The van der Waals surface area contributed by atoms with Gasteiger partial charge in [-0.2, -0.15) is 11.8 Å². The van der Waals surface area contributed by atoms with Gasteiger partial charge < -0.3 is 0 Å². The molecule has 0 aliphatic heterocycles. The van der Waals surface area contributed by atoms with Gasteiger partial charge in [0, 0.05) is 17.4 Å². The maximum atomic E-state index is 10.4. The smallest absolute Gasteiger partial charge is 0.258 e. The van der Waals surface area contributed by atoms with Gasteiger partial charge in [0.05, 0.1) is 4.92 Å². The van der Waals surface area contributed by atoms with Crippen molar-refractivity contribution in [3.05, 3.63) is 39.9 Å². The van der Waals surface area contributed by atoms with Crippen LogP contribution in [0.25, 0.3) is 0 Å². The first-order valence-electron chi connectivity index (χ1n) is 3.92. The Morgan fingerprint density at radius 2 is 1.92 bits per heavy atom. The van der Waals surface area contributed by atoms with Gasteiger partial charge in [-0.3, -0.25) is 10.1 Å². The molecule has 3 nitrogen and oxygen atoms in total. The van der Waals surface area contributed by atoms with Crippen LogP contribution < -0.4 is 0 Å². The summed E-state index contributed by atoms with van der Waals surface area (Å²) in [4.78, 5) is 9.97. The van der Waals surface area contributed by atoms with Crippen LogP contribution in [0.4, 0.5) is 5.69 Å². The van der Waals surface area contributed by atoms with Crippen molar-refractivity contribution in [1.29, 1.82) is 0 Å². The van der Waals surface area contributed by atoms with Crippen molar-refractivity contribution in [3.8, 4) is 0 Å². The Hall–Kier alpha value is -1.03. The Morgan fingerprint density at radius 1 is 1.38 bits per heavy atom. The van der Waals surface area contributed by atoms with Crippen molar-refractivity contribution in [3.63, 3.8) is 0 Å². The van der Waals surface area contributed by atoms with Crippen LogP contribution in [-0.4, -0.2) is 11.2 Å². The van der Waals surface area contributed by atoms with Gasteiger partial charge in [-0.25, -0.2) is 0 Å². The van der Waals surface area contributed by atoms with E-state index in [1.54, 1.807) is 36.0 Å². The highest BCUT2D eigenvalue weighted by molar-refractivity contribution is 7.98. The highest BCUT2D eigenvalue weighted by Gasteiger charge is 2.07. The SMILES string of the molecule is CSC(C)c1ccc([N+](=O)[O-])cc1. The van der Waals surface area contributed by atoms with Crippen molar-refractivity contribution in [2.75, 3.05) is 6.26 Å². The second-order valence-electron chi connectivity index (χ2n) is 2.73. The molecule has 0 aliphatic carbocycles. The van der Waals surface area contributed by atoms with Crippen LogP contribution in [0.5, 0.6) is 0 Å². The maximum Gasteiger partial charge on any atom is 0.269 e. The van der Waals surface area contributed by atoms with Crippen LogP contribution in [0.2, 0.25) is 0 Å². The summed E-state index contributed by atoms with van der Waals surface area (Å²) >= 11 is 1.72. The average molecular weight is 197 g/mol. The molecule has 0 aliphatic rings. The van der Waals surface area contributed by atoms with E-state index < -0.39 is 0 Å². The standard InChI is InChI=1S/C9H11NO2S/c1-7(13-2)8-3-5-9(6-4-8)10(11)12/h3-7H,1-2H3. The summed E-state index contributed by atoms with van der Waals surface area (Å²) in [7, 11) is 0. The molecule has 0 spiro atoms. The molecule has 0 radical (unpaired) electrons. The van der Waals surface area contributed by atoms with Gasteiger partial charge in [-0.1, -0.05) is 12.1 Å². The fraction of sp³-hybridized carbons (Fsp3) is 0.333. The molecule has 0 aromatic heterocycles. The highest BCUT2D eigenvalue weighted by Crippen LogP contribution is 2.26. The molecule has 0 saturated heterocycles. The molecular formula is C9H11NO2S. The third-order valence-electron chi connectivity index (χ3n) is 1.93. The monoisotopic (exact) mass is 197 g/mol. The van der Waals surface area contributed by atoms with Crippen LogP contribution >= 0.6 is 11.8 Å². The normalized spacial score (nSPS) is 12.5. The van der Waals surface area contributed by atoms with Gasteiger partial charge in [0.25, 0.3) is 5.69 Å². The summed E-state index contributed by atoms with van der Waals surface area (Å²) in [5.41, 5.74) is 1.27. The number of benzene rings is 1. The van der Waals surface area contributed by atoms with Crippen molar-refractivity contribution >= 4 is 17.4 Å². The molecule has 0 fully saturated rings. The predicted octanol–water partition coefficient (Wildman–Crippen LogP) is 3.02. The van der Waals surface area contributed by atoms with Gasteiger partial charge in [-0.05, 0) is 18.7 Å². The van der Waals surface area contributed by atoms with E-state index in [1.807, 2.05) is 6.26 Å². The molecule has 0 amide bonds. The van der Waals surface area contributed by atoms with Crippen molar-refractivity contribution in [2.45, 2.75) is 12.2 Å². The lowest BCUT2D eigenvalue weighted by Gasteiger charge is -2.06. The molecular weight excluding hydrogens is 186 g/mol. The topological polar surface area (TPSA) is 43.1 Å². The first-order chi connectivity index (χ1) is 6.15. The summed E-state index contributed by atoms with van der Waals surface area (Å²) in [6.07, 6.45) is 2.02. The molecule has 4 heteroatoms. The van der Waals surface area contributed by atoms with Gasteiger partial charge in [-0.15, -0.1) is 0 Å². The van der Waals surface area contributed by atoms with E-state index in [0.717, 1.165) is 5.56 Å². The molecule has 0 bridgehead atoms. The molecule has 70 valence electrons. The van der Waals surface area contributed by atoms with E-state index in [-0.39, 0.29) is 10.6 Å². The number of nitro benzene ring substituents is 1. The minimum absolute atomic E-state index is 0.150. The fourth-order valence-corrected chi connectivity index (χ4v) is 1.43. The molecule has 1 aromatic rings. The molecule has 1 aromatic carbocycles. The Kier molecular flexibility index (Phi) is 3.31. The number of hydrogen-bond acceptors (Lipinski definition) is 3. The summed E-state index contributed by atoms with van der Waals surface area (Å²) in [5.74, 6) is 0. The minimum Gasteiger partial charge on any atom is -0.258 e. The van der Waals surface area contributed by atoms with Gasteiger partial charge in [0.2, 0.25) is 0 Å². The van der Waals surface area contributed by atoms with Crippen molar-refractivity contribution in [1.82, 2.24) is 0 Å². The Labute approximate surface area is 81.3 Å². The fourth-order valence-electron chi connectivity index (χ4n) is 1.00. The zero-order valence-corrected chi connectivity index (χ0v) is 8.38. The molecule has 1 atom stereocenters. The van der Waals surface area contributed by atoms with Crippen LogP contribution in [0.15, 0.2) is 24.3 Å². The number of non-ortho nitro benzene ring substituents is 1. The molecule has 1 rings (SSSR count). The van der Waals surface area contributed by atoms with Crippen LogP contribution in [0, 0.1) is 10.1 Å². The number of nitrogens with zero attached hydrogens (tertiary/aromatic N) is 1. The predicted molar refractivity (Wildman–Crippen MR) is 55.0 cm³/mol. The molecule has 0 heterocycles. The third kappa shape index (κ3) is 2.45. The largest absolute Gasteiger partial charge is 0.269 e. The minimum atomic E-state index is -0.381. The summed E-state index contributed by atoms with van der Waals surface area (Å²) < 4.78 is 0. The number of nitro groups is 1. The van der Waals surface area contributed by atoms with Gasteiger partial charge in [0.1, 0.15) is 0 Å². The lowest BCUT2D eigenvalue weighted by Crippen LogP contribution is -1.90. The van der Waals surface area contributed by atoms with Crippen molar-refractivity contribution in [2.24, 2.45) is 0 Å². The molecule has 1 unspecified atom stereocenters. The molecule has 13 heavy (non-hydrogen) atoms. The summed E-state index contributed by atoms with van der Waals surface area (Å²) in [6.45, 7) is 2.08. The van der Waals surface area contributed by atoms with Crippen LogP contribution in [0.3, 0.4) is 0 Å².